The van der Waals surface area contributed by atoms with E-state index in [4.69, 9.17) is 4.74 Å². The number of ether oxygens (including phenoxy) is 1. The molecule has 3 nitrogen and oxygen atoms in total. The van der Waals surface area contributed by atoms with Gasteiger partial charge in [0.1, 0.15) is 0 Å². The summed E-state index contributed by atoms with van der Waals surface area (Å²) in [6.07, 6.45) is 4.98. The molecule has 2 atom stereocenters. The van der Waals surface area contributed by atoms with Gasteiger partial charge in [0.05, 0.1) is 24.5 Å². The van der Waals surface area contributed by atoms with Gasteiger partial charge >= 0.3 is 0 Å². The van der Waals surface area contributed by atoms with E-state index >= 15 is 0 Å². The lowest BCUT2D eigenvalue weighted by atomic mass is 9.90. The summed E-state index contributed by atoms with van der Waals surface area (Å²) in [5.41, 5.74) is 2.64. The van der Waals surface area contributed by atoms with E-state index in [0.29, 0.717) is 24.3 Å². The molecule has 2 fully saturated rings. The van der Waals surface area contributed by atoms with Crippen LogP contribution in [0.2, 0.25) is 0 Å². The third-order valence-electron chi connectivity index (χ3n) is 4.80. The Morgan fingerprint density at radius 1 is 1.32 bits per heavy atom. The fourth-order valence-electron chi connectivity index (χ4n) is 3.51. The van der Waals surface area contributed by atoms with Crippen molar-refractivity contribution in [2.75, 3.05) is 18.9 Å². The lowest BCUT2D eigenvalue weighted by molar-refractivity contribution is -0.146. The van der Waals surface area contributed by atoms with Crippen LogP contribution in [0.1, 0.15) is 36.8 Å². The van der Waals surface area contributed by atoms with Gasteiger partial charge in [-0.15, -0.1) is 11.8 Å². The number of aryl methyl sites for hydroxylation is 1. The van der Waals surface area contributed by atoms with Crippen LogP contribution < -0.4 is 0 Å². The molecule has 0 N–H and O–H groups in total. The first-order valence-corrected chi connectivity index (χ1v) is 9.44. The van der Waals surface area contributed by atoms with Crippen molar-refractivity contribution >= 4 is 17.7 Å². The first-order valence-electron chi connectivity index (χ1n) is 8.29. The number of rotatable bonds is 4. The van der Waals surface area contributed by atoms with Gasteiger partial charge in [-0.3, -0.25) is 4.79 Å². The number of nitrogens with zero attached hydrogens (tertiary/aromatic N) is 1. The molecule has 2 aliphatic rings. The third kappa shape index (κ3) is 3.66. The van der Waals surface area contributed by atoms with Gasteiger partial charge in [-0.1, -0.05) is 37.1 Å². The van der Waals surface area contributed by atoms with E-state index in [0.717, 1.165) is 25.1 Å². The summed E-state index contributed by atoms with van der Waals surface area (Å²) >= 11 is 1.73. The Morgan fingerprint density at radius 2 is 2.14 bits per heavy atom. The van der Waals surface area contributed by atoms with Crippen LogP contribution in [0.15, 0.2) is 24.3 Å². The molecule has 2 unspecified atom stereocenters. The summed E-state index contributed by atoms with van der Waals surface area (Å²) < 4.78 is 5.85. The number of hydrogen-bond acceptors (Lipinski definition) is 3. The molecule has 4 heteroatoms. The van der Waals surface area contributed by atoms with Gasteiger partial charge in [0.2, 0.25) is 5.91 Å². The lowest BCUT2D eigenvalue weighted by Gasteiger charge is -2.43. The number of thioether (sulfide) groups is 1. The Morgan fingerprint density at radius 3 is 3.00 bits per heavy atom. The first kappa shape index (κ1) is 15.9. The molecule has 1 aromatic rings. The highest BCUT2D eigenvalue weighted by atomic mass is 32.2. The number of carbonyl (C=O) groups excluding carboxylic acids is 1. The molecule has 0 bridgehead atoms. The SMILES string of the molecule is Cc1ccccc1CSCC(=O)N1CCOC2CCCCC21. The number of amides is 1. The average Bonchev–Trinajstić information content (AvgIpc) is 2.56. The molecule has 1 aliphatic heterocycles. The fraction of sp³-hybridized carbons (Fsp3) is 0.611. The first-order chi connectivity index (χ1) is 10.8. The van der Waals surface area contributed by atoms with Crippen LogP contribution in [0.25, 0.3) is 0 Å². The molecule has 3 rings (SSSR count). The predicted molar refractivity (Wildman–Crippen MR) is 91.1 cm³/mol. The Labute approximate surface area is 137 Å². The Bertz CT molecular complexity index is 518. The summed E-state index contributed by atoms with van der Waals surface area (Å²) in [6, 6.07) is 8.74. The standard InChI is InChI=1S/C18H25NO2S/c1-14-6-2-3-7-15(14)12-22-13-18(20)19-10-11-21-17-9-5-4-8-16(17)19/h2-3,6-7,16-17H,4-5,8-13H2,1H3. The Balaban J connectivity index is 1.52. The van der Waals surface area contributed by atoms with Crippen LogP contribution in [-0.4, -0.2) is 41.9 Å². The van der Waals surface area contributed by atoms with Crippen LogP contribution in [-0.2, 0) is 15.3 Å². The van der Waals surface area contributed by atoms with E-state index in [9.17, 15) is 4.79 Å². The number of carbonyl (C=O) groups is 1. The molecule has 1 heterocycles. The van der Waals surface area contributed by atoms with Gasteiger partial charge in [0.25, 0.3) is 0 Å². The molecule has 1 aliphatic carbocycles. The van der Waals surface area contributed by atoms with Gasteiger partial charge < -0.3 is 9.64 Å². The second-order valence-corrected chi connectivity index (χ2v) is 7.25. The second kappa shape index (κ2) is 7.51. The van der Waals surface area contributed by atoms with Crippen molar-refractivity contribution in [3.05, 3.63) is 35.4 Å². The minimum atomic E-state index is 0.285. The number of hydrogen-bond donors (Lipinski definition) is 0. The summed E-state index contributed by atoms with van der Waals surface area (Å²) in [5.74, 6) is 1.78. The monoisotopic (exact) mass is 319 g/mol. The van der Waals surface area contributed by atoms with Crippen molar-refractivity contribution in [3.63, 3.8) is 0 Å². The van der Waals surface area contributed by atoms with Crippen LogP contribution >= 0.6 is 11.8 Å². The molecule has 1 saturated carbocycles. The molecule has 1 aromatic carbocycles. The van der Waals surface area contributed by atoms with Crippen LogP contribution in [0.4, 0.5) is 0 Å². The van der Waals surface area contributed by atoms with E-state index < -0.39 is 0 Å². The maximum Gasteiger partial charge on any atom is 0.232 e. The van der Waals surface area contributed by atoms with Gasteiger partial charge in [0.15, 0.2) is 0 Å². The topological polar surface area (TPSA) is 29.5 Å². The van der Waals surface area contributed by atoms with E-state index in [1.165, 1.54) is 24.0 Å². The summed E-state index contributed by atoms with van der Waals surface area (Å²) in [4.78, 5) is 14.7. The van der Waals surface area contributed by atoms with E-state index in [1.807, 2.05) is 0 Å². The van der Waals surface area contributed by atoms with E-state index in [-0.39, 0.29) is 6.10 Å². The fourth-order valence-corrected chi connectivity index (χ4v) is 4.50. The van der Waals surface area contributed by atoms with E-state index in [2.05, 4.69) is 36.1 Å². The van der Waals surface area contributed by atoms with Crippen molar-refractivity contribution < 1.29 is 9.53 Å². The smallest absolute Gasteiger partial charge is 0.232 e. The van der Waals surface area contributed by atoms with E-state index in [1.54, 1.807) is 11.8 Å². The van der Waals surface area contributed by atoms with Crippen molar-refractivity contribution in [2.45, 2.75) is 50.5 Å². The Kier molecular flexibility index (Phi) is 5.42. The van der Waals surface area contributed by atoms with Crippen LogP contribution in [0.3, 0.4) is 0 Å². The predicted octanol–water partition coefficient (Wildman–Crippen LogP) is 3.40. The minimum Gasteiger partial charge on any atom is -0.374 e. The molecule has 0 spiro atoms. The largest absolute Gasteiger partial charge is 0.374 e. The van der Waals surface area contributed by atoms with Crippen molar-refractivity contribution in [1.82, 2.24) is 4.90 Å². The van der Waals surface area contributed by atoms with Crippen molar-refractivity contribution in [2.24, 2.45) is 0 Å². The molecule has 120 valence electrons. The van der Waals surface area contributed by atoms with Crippen LogP contribution in [0, 0.1) is 6.92 Å². The maximum atomic E-state index is 12.6. The molecule has 1 amide bonds. The maximum absolute atomic E-state index is 12.6. The number of morpholine rings is 1. The van der Waals surface area contributed by atoms with Gasteiger partial charge in [0, 0.05) is 12.3 Å². The quantitative estimate of drug-likeness (QED) is 0.852. The molecule has 1 saturated heterocycles. The highest BCUT2D eigenvalue weighted by Gasteiger charge is 2.36. The van der Waals surface area contributed by atoms with Gasteiger partial charge in [-0.2, -0.15) is 0 Å². The number of benzene rings is 1. The summed E-state index contributed by atoms with van der Waals surface area (Å²) in [5, 5.41) is 0. The van der Waals surface area contributed by atoms with Crippen molar-refractivity contribution in [1.29, 1.82) is 0 Å². The molecule has 0 radical (unpaired) electrons. The van der Waals surface area contributed by atoms with Gasteiger partial charge in [-0.05, 0) is 30.9 Å². The zero-order valence-electron chi connectivity index (χ0n) is 13.3. The van der Waals surface area contributed by atoms with Crippen LogP contribution in [0.5, 0.6) is 0 Å². The molecule has 0 aromatic heterocycles. The molecular weight excluding hydrogens is 294 g/mol. The van der Waals surface area contributed by atoms with Crippen molar-refractivity contribution in [3.8, 4) is 0 Å². The lowest BCUT2D eigenvalue weighted by Crippen LogP contribution is -2.55. The minimum absolute atomic E-state index is 0.285. The average molecular weight is 319 g/mol. The Hall–Kier alpha value is -1.00. The molecular formula is C18H25NO2S. The number of fused-ring (bicyclic) bond motifs is 1. The summed E-state index contributed by atoms with van der Waals surface area (Å²) in [7, 11) is 0. The zero-order valence-corrected chi connectivity index (χ0v) is 14.1. The summed E-state index contributed by atoms with van der Waals surface area (Å²) in [6.45, 7) is 3.60. The zero-order chi connectivity index (χ0) is 15.4. The van der Waals surface area contributed by atoms with Gasteiger partial charge in [-0.25, -0.2) is 0 Å². The third-order valence-corrected chi connectivity index (χ3v) is 5.76. The normalized spacial score (nSPS) is 24.9. The molecule has 22 heavy (non-hydrogen) atoms. The second-order valence-electron chi connectivity index (χ2n) is 6.27. The highest BCUT2D eigenvalue weighted by Crippen LogP contribution is 2.29. The highest BCUT2D eigenvalue weighted by molar-refractivity contribution is 7.99.